The normalized spacial score (nSPS) is 14.2. The van der Waals surface area contributed by atoms with E-state index >= 15 is 0 Å². The molecule has 0 saturated carbocycles. The number of benzene rings is 2. The summed E-state index contributed by atoms with van der Waals surface area (Å²) in [7, 11) is 1.64. The minimum atomic E-state index is -0.551. The van der Waals surface area contributed by atoms with Crippen molar-refractivity contribution in [1.29, 1.82) is 0 Å². The first kappa shape index (κ1) is 20.9. The number of rotatable bonds is 6. The Morgan fingerprint density at radius 1 is 1.06 bits per heavy atom. The highest BCUT2D eigenvalue weighted by Gasteiger charge is 2.22. The number of ether oxygens (including phenoxy) is 2. The van der Waals surface area contributed by atoms with E-state index in [9.17, 15) is 9.59 Å². The summed E-state index contributed by atoms with van der Waals surface area (Å²) in [6.45, 7) is 2.37. The molecule has 160 valence electrons. The van der Waals surface area contributed by atoms with E-state index in [1.54, 1.807) is 18.1 Å². The van der Waals surface area contributed by atoms with Gasteiger partial charge in [0.2, 0.25) is 0 Å². The van der Waals surface area contributed by atoms with Crippen molar-refractivity contribution in [2.75, 3.05) is 44.8 Å². The first-order chi connectivity index (χ1) is 15.1. The van der Waals surface area contributed by atoms with Gasteiger partial charge in [0, 0.05) is 37.9 Å². The van der Waals surface area contributed by atoms with Gasteiger partial charge in [0.25, 0.3) is 5.91 Å². The maximum Gasteiger partial charge on any atom is 0.331 e. The lowest BCUT2D eigenvalue weighted by molar-refractivity contribution is -0.148. The lowest BCUT2D eigenvalue weighted by Gasteiger charge is -2.36. The van der Waals surface area contributed by atoms with E-state index in [0.29, 0.717) is 13.1 Å². The van der Waals surface area contributed by atoms with E-state index in [-0.39, 0.29) is 12.5 Å². The predicted octanol–water partition coefficient (Wildman–Crippen LogP) is 3.21. The predicted molar refractivity (Wildman–Crippen MR) is 121 cm³/mol. The molecule has 3 aromatic rings. The van der Waals surface area contributed by atoms with Gasteiger partial charge < -0.3 is 19.3 Å². The van der Waals surface area contributed by atoms with Gasteiger partial charge >= 0.3 is 5.97 Å². The lowest BCUT2D eigenvalue weighted by Crippen LogP contribution is -2.49. The van der Waals surface area contributed by atoms with Crippen LogP contribution in [0.3, 0.4) is 0 Å². The molecule has 7 nitrogen and oxygen atoms in total. The third-order valence-electron chi connectivity index (χ3n) is 5.08. The molecule has 8 heteroatoms. The van der Waals surface area contributed by atoms with Crippen molar-refractivity contribution >= 4 is 45.2 Å². The summed E-state index contributed by atoms with van der Waals surface area (Å²) < 4.78 is 11.4. The quantitative estimate of drug-likeness (QED) is 0.436. The SMILES string of the molecule is COc1ccc(N2CCN(C(=O)COC(=O)/C=C/c3nc4ccccc4s3)CC2)cc1. The van der Waals surface area contributed by atoms with Crippen LogP contribution in [0.2, 0.25) is 0 Å². The van der Waals surface area contributed by atoms with Crippen LogP contribution < -0.4 is 9.64 Å². The Balaban J connectivity index is 1.22. The van der Waals surface area contributed by atoms with Crippen LogP contribution in [-0.4, -0.2) is 61.7 Å². The number of thiazole rings is 1. The van der Waals surface area contributed by atoms with Crippen LogP contribution in [0.1, 0.15) is 5.01 Å². The summed E-state index contributed by atoms with van der Waals surface area (Å²) in [5, 5.41) is 0.721. The number of fused-ring (bicyclic) bond motifs is 1. The zero-order valence-electron chi connectivity index (χ0n) is 17.2. The molecule has 4 rings (SSSR count). The van der Waals surface area contributed by atoms with Crippen LogP contribution in [-0.2, 0) is 14.3 Å². The number of carbonyl (C=O) groups excluding carboxylic acids is 2. The fourth-order valence-electron chi connectivity index (χ4n) is 3.38. The van der Waals surface area contributed by atoms with E-state index in [1.165, 1.54) is 17.4 Å². The highest BCUT2D eigenvalue weighted by molar-refractivity contribution is 7.19. The number of nitrogens with zero attached hydrogens (tertiary/aromatic N) is 3. The largest absolute Gasteiger partial charge is 0.497 e. The highest BCUT2D eigenvalue weighted by Crippen LogP contribution is 2.22. The van der Waals surface area contributed by atoms with Gasteiger partial charge in [-0.1, -0.05) is 12.1 Å². The number of para-hydroxylation sites is 1. The van der Waals surface area contributed by atoms with Crippen molar-refractivity contribution < 1.29 is 19.1 Å². The molecular weight excluding hydrogens is 414 g/mol. The Labute approximate surface area is 184 Å². The molecule has 0 unspecified atom stereocenters. The van der Waals surface area contributed by atoms with Crippen molar-refractivity contribution in [3.8, 4) is 5.75 Å². The number of carbonyl (C=O) groups is 2. The highest BCUT2D eigenvalue weighted by atomic mass is 32.1. The molecule has 31 heavy (non-hydrogen) atoms. The molecule has 2 aromatic carbocycles. The number of anilines is 1. The Morgan fingerprint density at radius 2 is 1.81 bits per heavy atom. The summed E-state index contributed by atoms with van der Waals surface area (Å²) in [5.74, 6) is 0.0807. The first-order valence-electron chi connectivity index (χ1n) is 9.99. The van der Waals surface area contributed by atoms with E-state index < -0.39 is 5.97 Å². The Kier molecular flexibility index (Phi) is 6.47. The second-order valence-corrected chi connectivity index (χ2v) is 8.09. The van der Waals surface area contributed by atoms with E-state index in [2.05, 4.69) is 9.88 Å². The molecule has 1 aliphatic rings. The van der Waals surface area contributed by atoms with Crippen LogP contribution in [0.5, 0.6) is 5.75 Å². The van der Waals surface area contributed by atoms with Gasteiger partial charge in [-0.2, -0.15) is 0 Å². The minimum Gasteiger partial charge on any atom is -0.497 e. The van der Waals surface area contributed by atoms with Gasteiger partial charge in [-0.15, -0.1) is 11.3 Å². The summed E-state index contributed by atoms with van der Waals surface area (Å²) in [6.07, 6.45) is 2.93. The van der Waals surface area contributed by atoms with Crippen molar-refractivity contribution in [3.63, 3.8) is 0 Å². The molecule has 1 aromatic heterocycles. The molecule has 0 spiro atoms. The van der Waals surface area contributed by atoms with Crippen molar-refractivity contribution in [2.24, 2.45) is 0 Å². The number of amides is 1. The van der Waals surface area contributed by atoms with Crippen LogP contribution in [0.15, 0.2) is 54.6 Å². The Hall–Kier alpha value is -3.39. The van der Waals surface area contributed by atoms with Crippen molar-refractivity contribution in [1.82, 2.24) is 9.88 Å². The van der Waals surface area contributed by atoms with Crippen LogP contribution >= 0.6 is 11.3 Å². The third kappa shape index (κ3) is 5.21. The summed E-state index contributed by atoms with van der Waals surface area (Å²) in [5.41, 5.74) is 1.99. The standard InChI is InChI=1S/C23H23N3O4S/c1-29-18-8-6-17(7-9-18)25-12-14-26(15-13-25)22(27)16-30-23(28)11-10-21-24-19-4-2-3-5-20(19)31-21/h2-11H,12-16H2,1H3/b11-10+. The van der Waals surface area contributed by atoms with Crippen molar-refractivity contribution in [2.45, 2.75) is 0 Å². The van der Waals surface area contributed by atoms with Crippen LogP contribution in [0.25, 0.3) is 16.3 Å². The molecular formula is C23H23N3O4S. The van der Waals surface area contributed by atoms with Crippen LogP contribution in [0, 0.1) is 0 Å². The zero-order valence-corrected chi connectivity index (χ0v) is 18.0. The van der Waals surface area contributed by atoms with Gasteiger partial charge in [-0.05, 0) is 42.5 Å². The van der Waals surface area contributed by atoms with Crippen molar-refractivity contribution in [3.05, 3.63) is 59.6 Å². The monoisotopic (exact) mass is 437 g/mol. The molecule has 1 saturated heterocycles. The topological polar surface area (TPSA) is 72.0 Å². The molecule has 0 atom stereocenters. The molecule has 1 amide bonds. The first-order valence-corrected chi connectivity index (χ1v) is 10.8. The van der Waals surface area contributed by atoms with E-state index in [0.717, 1.165) is 39.8 Å². The lowest BCUT2D eigenvalue weighted by atomic mass is 10.2. The number of methoxy groups -OCH3 is 1. The van der Waals surface area contributed by atoms with E-state index in [4.69, 9.17) is 9.47 Å². The molecule has 0 aliphatic carbocycles. The van der Waals surface area contributed by atoms with Gasteiger partial charge in [-0.25, -0.2) is 9.78 Å². The van der Waals surface area contributed by atoms with Gasteiger partial charge in [0.1, 0.15) is 10.8 Å². The number of hydrogen-bond donors (Lipinski definition) is 0. The minimum absolute atomic E-state index is 0.184. The Morgan fingerprint density at radius 3 is 2.52 bits per heavy atom. The van der Waals surface area contributed by atoms with Gasteiger partial charge in [0.05, 0.1) is 17.3 Å². The third-order valence-corrected chi connectivity index (χ3v) is 6.08. The average molecular weight is 438 g/mol. The molecule has 0 N–H and O–H groups in total. The van der Waals surface area contributed by atoms with Gasteiger partial charge in [0.15, 0.2) is 6.61 Å². The maximum atomic E-state index is 12.4. The number of esters is 1. The fourth-order valence-corrected chi connectivity index (χ4v) is 4.25. The average Bonchev–Trinajstić information content (AvgIpc) is 3.24. The fraction of sp³-hybridized carbons (Fsp3) is 0.261. The van der Waals surface area contributed by atoms with Crippen LogP contribution in [0.4, 0.5) is 5.69 Å². The molecule has 2 heterocycles. The second kappa shape index (κ2) is 9.61. The number of piperazine rings is 1. The summed E-state index contributed by atoms with van der Waals surface area (Å²) >= 11 is 1.49. The zero-order chi connectivity index (χ0) is 21.6. The second-order valence-electron chi connectivity index (χ2n) is 7.03. The molecule has 1 fully saturated rings. The smallest absolute Gasteiger partial charge is 0.331 e. The number of aromatic nitrogens is 1. The molecule has 0 radical (unpaired) electrons. The van der Waals surface area contributed by atoms with E-state index in [1.807, 2.05) is 48.5 Å². The molecule has 1 aliphatic heterocycles. The number of hydrogen-bond acceptors (Lipinski definition) is 7. The summed E-state index contributed by atoms with van der Waals surface area (Å²) in [4.78, 5) is 32.8. The van der Waals surface area contributed by atoms with Gasteiger partial charge in [-0.3, -0.25) is 4.79 Å². The summed E-state index contributed by atoms with van der Waals surface area (Å²) in [6, 6.07) is 15.6. The maximum absolute atomic E-state index is 12.4. The molecule has 0 bridgehead atoms. The Bertz CT molecular complexity index is 1050.